The molecule has 0 radical (unpaired) electrons. The number of nitrogens with one attached hydrogen (secondary N) is 3. The second kappa shape index (κ2) is 7.90. The molecule has 3 N–H and O–H groups in total. The number of amides is 1. The normalized spacial score (nSPS) is 19.5. The maximum atomic E-state index is 12.2. The lowest BCUT2D eigenvalue weighted by Gasteiger charge is -2.13. The van der Waals surface area contributed by atoms with E-state index in [4.69, 9.17) is 0 Å². The first-order valence-corrected chi connectivity index (χ1v) is 9.54. The summed E-state index contributed by atoms with van der Waals surface area (Å²) in [5, 5.41) is 6.19. The molecule has 2 rings (SSSR count). The summed E-state index contributed by atoms with van der Waals surface area (Å²) in [6.07, 6.45) is 2.92. The molecule has 1 aromatic carbocycles. The van der Waals surface area contributed by atoms with Crippen LogP contribution < -0.4 is 15.4 Å². The Bertz CT molecular complexity index is 622. The van der Waals surface area contributed by atoms with Gasteiger partial charge >= 0.3 is 0 Å². The smallest absolute Gasteiger partial charge is 0.251 e. The first-order chi connectivity index (χ1) is 10.9. The molecule has 1 aliphatic heterocycles. The summed E-state index contributed by atoms with van der Waals surface area (Å²) < 4.78 is 26.9. The molecule has 2 unspecified atom stereocenters. The Balaban J connectivity index is 1.96. The minimum absolute atomic E-state index is 0.123. The highest BCUT2D eigenvalue weighted by molar-refractivity contribution is 7.89. The van der Waals surface area contributed by atoms with E-state index in [-0.39, 0.29) is 16.8 Å². The fourth-order valence-electron chi connectivity index (χ4n) is 2.45. The Morgan fingerprint density at radius 2 is 2.04 bits per heavy atom. The predicted molar refractivity (Wildman–Crippen MR) is 89.9 cm³/mol. The average Bonchev–Trinajstić information content (AvgIpc) is 3.05. The Morgan fingerprint density at radius 3 is 2.61 bits per heavy atom. The van der Waals surface area contributed by atoms with Gasteiger partial charge in [-0.25, -0.2) is 13.1 Å². The van der Waals surface area contributed by atoms with Gasteiger partial charge in [0.25, 0.3) is 5.91 Å². The van der Waals surface area contributed by atoms with Crippen molar-refractivity contribution in [2.24, 2.45) is 0 Å². The van der Waals surface area contributed by atoms with Crippen molar-refractivity contribution in [2.75, 3.05) is 13.1 Å². The summed E-state index contributed by atoms with van der Waals surface area (Å²) in [5.74, 6) is -0.183. The fourth-order valence-corrected chi connectivity index (χ4v) is 3.78. The number of carbonyl (C=O) groups is 1. The summed E-state index contributed by atoms with van der Waals surface area (Å²) in [6.45, 7) is 5.32. The Kier molecular flexibility index (Phi) is 6.15. The molecular formula is C16H25N3O3S. The van der Waals surface area contributed by atoms with E-state index in [0.717, 1.165) is 25.8 Å². The highest BCUT2D eigenvalue weighted by atomic mass is 32.2. The van der Waals surface area contributed by atoms with Gasteiger partial charge in [0.15, 0.2) is 0 Å². The van der Waals surface area contributed by atoms with Crippen molar-refractivity contribution in [3.8, 4) is 0 Å². The predicted octanol–water partition coefficient (Wildman–Crippen LogP) is 1.25. The van der Waals surface area contributed by atoms with E-state index >= 15 is 0 Å². The van der Waals surface area contributed by atoms with Gasteiger partial charge in [0, 0.05) is 24.2 Å². The molecule has 1 aliphatic rings. The van der Waals surface area contributed by atoms with Gasteiger partial charge < -0.3 is 10.6 Å². The summed E-state index contributed by atoms with van der Waals surface area (Å²) in [4.78, 5) is 12.3. The minimum Gasteiger partial charge on any atom is -0.350 e. The summed E-state index contributed by atoms with van der Waals surface area (Å²) in [7, 11) is -3.53. The van der Waals surface area contributed by atoms with Gasteiger partial charge in [0.05, 0.1) is 4.90 Å². The molecule has 7 heteroatoms. The minimum atomic E-state index is -3.53. The van der Waals surface area contributed by atoms with Crippen LogP contribution in [-0.2, 0) is 10.0 Å². The lowest BCUT2D eigenvalue weighted by molar-refractivity contribution is 0.0950. The molecule has 0 saturated carbocycles. The highest BCUT2D eigenvalue weighted by Gasteiger charge is 2.18. The van der Waals surface area contributed by atoms with Crippen LogP contribution in [0, 0.1) is 0 Å². The molecule has 2 atom stereocenters. The van der Waals surface area contributed by atoms with Crippen molar-refractivity contribution in [2.45, 2.75) is 50.1 Å². The number of sulfonamides is 1. The molecule has 1 fully saturated rings. The van der Waals surface area contributed by atoms with E-state index in [1.165, 1.54) is 12.1 Å². The van der Waals surface area contributed by atoms with Gasteiger partial charge in [0.1, 0.15) is 0 Å². The third-order valence-corrected chi connectivity index (χ3v) is 5.67. The quantitative estimate of drug-likeness (QED) is 0.698. The first-order valence-electron chi connectivity index (χ1n) is 8.06. The number of hydrogen-bond acceptors (Lipinski definition) is 4. The van der Waals surface area contributed by atoms with Gasteiger partial charge in [-0.3, -0.25) is 4.79 Å². The average molecular weight is 339 g/mol. The van der Waals surface area contributed by atoms with Crippen LogP contribution in [0.5, 0.6) is 0 Å². The zero-order chi connectivity index (χ0) is 16.9. The zero-order valence-electron chi connectivity index (χ0n) is 13.6. The highest BCUT2D eigenvalue weighted by Crippen LogP contribution is 2.12. The zero-order valence-corrected chi connectivity index (χ0v) is 14.4. The Hall–Kier alpha value is -1.44. The molecule has 0 aromatic heterocycles. The van der Waals surface area contributed by atoms with Crippen LogP contribution in [-0.4, -0.2) is 39.5 Å². The lowest BCUT2D eigenvalue weighted by Crippen LogP contribution is -2.37. The molecule has 1 saturated heterocycles. The molecule has 23 heavy (non-hydrogen) atoms. The fraction of sp³-hybridized carbons (Fsp3) is 0.562. The Labute approximate surface area is 138 Å². The van der Waals surface area contributed by atoms with Gasteiger partial charge in [0.2, 0.25) is 10.0 Å². The van der Waals surface area contributed by atoms with Crippen molar-refractivity contribution in [1.29, 1.82) is 0 Å². The van der Waals surface area contributed by atoms with Crippen LogP contribution in [0.15, 0.2) is 29.2 Å². The molecule has 6 nitrogen and oxygen atoms in total. The third-order valence-electron chi connectivity index (χ3n) is 4.07. The van der Waals surface area contributed by atoms with Crippen LogP contribution in [0.25, 0.3) is 0 Å². The number of carbonyl (C=O) groups excluding carboxylic acids is 1. The van der Waals surface area contributed by atoms with E-state index in [2.05, 4.69) is 15.4 Å². The van der Waals surface area contributed by atoms with E-state index in [1.54, 1.807) is 12.1 Å². The largest absolute Gasteiger partial charge is 0.350 e. The van der Waals surface area contributed by atoms with Crippen molar-refractivity contribution < 1.29 is 13.2 Å². The molecule has 1 heterocycles. The topological polar surface area (TPSA) is 87.3 Å². The second-order valence-corrected chi connectivity index (χ2v) is 7.67. The van der Waals surface area contributed by atoms with Gasteiger partial charge in [-0.05, 0) is 57.0 Å². The third kappa shape index (κ3) is 5.02. The summed E-state index contributed by atoms with van der Waals surface area (Å²) >= 11 is 0. The maximum absolute atomic E-state index is 12.2. The number of rotatable bonds is 7. The van der Waals surface area contributed by atoms with Crippen molar-refractivity contribution in [1.82, 2.24) is 15.4 Å². The van der Waals surface area contributed by atoms with Gasteiger partial charge in [-0.1, -0.05) is 6.92 Å². The number of hydrogen-bond donors (Lipinski definition) is 3. The molecule has 0 bridgehead atoms. The Morgan fingerprint density at radius 1 is 1.35 bits per heavy atom. The van der Waals surface area contributed by atoms with Crippen LogP contribution >= 0.6 is 0 Å². The van der Waals surface area contributed by atoms with E-state index in [0.29, 0.717) is 18.2 Å². The molecule has 128 valence electrons. The van der Waals surface area contributed by atoms with Crippen LogP contribution in [0.4, 0.5) is 0 Å². The van der Waals surface area contributed by atoms with Crippen molar-refractivity contribution >= 4 is 15.9 Å². The van der Waals surface area contributed by atoms with Crippen molar-refractivity contribution in [3.63, 3.8) is 0 Å². The van der Waals surface area contributed by atoms with Crippen molar-refractivity contribution in [3.05, 3.63) is 29.8 Å². The second-order valence-electron chi connectivity index (χ2n) is 5.96. The molecule has 1 amide bonds. The van der Waals surface area contributed by atoms with Crippen LogP contribution in [0.2, 0.25) is 0 Å². The van der Waals surface area contributed by atoms with Gasteiger partial charge in [-0.15, -0.1) is 0 Å². The van der Waals surface area contributed by atoms with E-state index in [1.807, 2.05) is 13.8 Å². The summed E-state index contributed by atoms with van der Waals surface area (Å²) in [5.41, 5.74) is 0.463. The monoisotopic (exact) mass is 339 g/mol. The van der Waals surface area contributed by atoms with Crippen LogP contribution in [0.1, 0.15) is 43.5 Å². The number of benzene rings is 1. The maximum Gasteiger partial charge on any atom is 0.251 e. The lowest BCUT2D eigenvalue weighted by atomic mass is 10.2. The molecular weight excluding hydrogens is 314 g/mol. The standard InChI is InChI=1S/C16H25N3O3S/c1-3-12(2)19-23(21,22)15-8-6-13(7-9-15)16(20)18-11-14-5-4-10-17-14/h6-9,12,14,17,19H,3-5,10-11H2,1-2H3,(H,18,20). The molecule has 0 aliphatic carbocycles. The summed E-state index contributed by atoms with van der Waals surface area (Å²) in [6, 6.07) is 6.23. The van der Waals surface area contributed by atoms with Gasteiger partial charge in [-0.2, -0.15) is 0 Å². The molecule has 0 spiro atoms. The van der Waals surface area contributed by atoms with Crippen LogP contribution in [0.3, 0.4) is 0 Å². The van der Waals surface area contributed by atoms with E-state index < -0.39 is 10.0 Å². The van der Waals surface area contributed by atoms with E-state index in [9.17, 15) is 13.2 Å². The first kappa shape index (κ1) is 17.9. The SMILES string of the molecule is CCC(C)NS(=O)(=O)c1ccc(C(=O)NCC2CCCN2)cc1. The molecule has 1 aromatic rings.